The maximum atomic E-state index is 7.89. The summed E-state index contributed by atoms with van der Waals surface area (Å²) in [7, 11) is 0. The van der Waals surface area contributed by atoms with Gasteiger partial charge in [-0.05, 0) is 111 Å². The number of halogens is 1. The van der Waals surface area contributed by atoms with Gasteiger partial charge in [-0.2, -0.15) is 0 Å². The van der Waals surface area contributed by atoms with Crippen molar-refractivity contribution in [3.05, 3.63) is 94.7 Å². The summed E-state index contributed by atoms with van der Waals surface area (Å²) in [5.74, 6) is 1.57. The van der Waals surface area contributed by atoms with Gasteiger partial charge in [-0.15, -0.1) is 0 Å². The van der Waals surface area contributed by atoms with E-state index in [0.29, 0.717) is 17.5 Å². The van der Waals surface area contributed by atoms with Crippen molar-refractivity contribution in [3.63, 3.8) is 0 Å². The zero-order chi connectivity index (χ0) is 29.2. The molecular formula is C33H42ClN5OS. The number of amidine groups is 1. The molecule has 0 bridgehead atoms. The Hall–Kier alpha value is -2.97. The van der Waals surface area contributed by atoms with Gasteiger partial charge in [-0.25, -0.2) is 0 Å². The second-order valence-electron chi connectivity index (χ2n) is 10.4. The summed E-state index contributed by atoms with van der Waals surface area (Å²) >= 11 is 8.27. The Kier molecular flexibility index (Phi) is 11.6. The number of nitrogens with one attached hydrogen (secondary N) is 2. The van der Waals surface area contributed by atoms with Crippen molar-refractivity contribution in [1.82, 2.24) is 9.62 Å². The first-order chi connectivity index (χ1) is 19.9. The molecule has 0 radical (unpaired) electrons. The molecule has 0 aliphatic carbocycles. The third-order valence-corrected chi connectivity index (χ3v) is 8.81. The fraction of sp³-hybridized carbons (Fsp3) is 0.364. The number of nitrogens with zero attached hydrogens (tertiary/aromatic N) is 1. The molecule has 4 rings (SSSR count). The summed E-state index contributed by atoms with van der Waals surface area (Å²) in [5.41, 5.74) is 16.9. The molecule has 1 heterocycles. The number of hydrogen-bond acceptors (Lipinski definition) is 6. The van der Waals surface area contributed by atoms with Gasteiger partial charge in [-0.1, -0.05) is 48.0 Å². The molecule has 3 aromatic carbocycles. The molecule has 0 aromatic heterocycles. The fourth-order valence-electron chi connectivity index (χ4n) is 5.48. The average Bonchev–Trinajstić information content (AvgIpc) is 2.98. The monoisotopic (exact) mass is 591 g/mol. The van der Waals surface area contributed by atoms with Gasteiger partial charge in [0.25, 0.3) is 0 Å². The minimum absolute atomic E-state index is 0.0657. The normalized spacial score (nSPS) is 15.1. The maximum Gasteiger partial charge on any atom is 0.122 e. The van der Waals surface area contributed by atoms with E-state index in [2.05, 4.69) is 53.0 Å². The number of ether oxygens (including phenoxy) is 1. The predicted octanol–water partition coefficient (Wildman–Crippen LogP) is 6.86. The van der Waals surface area contributed by atoms with E-state index in [1.54, 1.807) is 11.9 Å². The minimum atomic E-state index is 0.0657. The van der Waals surface area contributed by atoms with Crippen LogP contribution in [0.15, 0.2) is 83.4 Å². The first-order valence-electron chi connectivity index (χ1n) is 14.4. The van der Waals surface area contributed by atoms with Crippen molar-refractivity contribution in [1.29, 1.82) is 5.41 Å². The molecule has 6 N–H and O–H groups in total. The number of hydrogen-bond donors (Lipinski definition) is 4. The lowest BCUT2D eigenvalue weighted by Gasteiger charge is -2.38. The van der Waals surface area contributed by atoms with Crippen LogP contribution in [0.4, 0.5) is 0 Å². The summed E-state index contributed by atoms with van der Waals surface area (Å²) < 4.78 is 9.39. The van der Waals surface area contributed by atoms with Gasteiger partial charge >= 0.3 is 0 Å². The van der Waals surface area contributed by atoms with Crippen LogP contribution in [0, 0.1) is 11.3 Å². The Bertz CT molecular complexity index is 1340. The third kappa shape index (κ3) is 8.52. The van der Waals surface area contributed by atoms with Crippen molar-refractivity contribution in [2.75, 3.05) is 26.2 Å². The second kappa shape index (κ2) is 15.3. The molecule has 0 amide bonds. The van der Waals surface area contributed by atoms with E-state index in [4.69, 9.17) is 33.2 Å². The molecule has 218 valence electrons. The number of allylic oxidation sites excluding steroid dienone is 1. The van der Waals surface area contributed by atoms with E-state index in [1.165, 1.54) is 18.5 Å². The van der Waals surface area contributed by atoms with E-state index in [9.17, 15) is 0 Å². The molecule has 41 heavy (non-hydrogen) atoms. The van der Waals surface area contributed by atoms with Gasteiger partial charge in [-0.3, -0.25) is 10.1 Å². The van der Waals surface area contributed by atoms with Gasteiger partial charge in [0.15, 0.2) is 0 Å². The first-order valence-corrected chi connectivity index (χ1v) is 15.6. The van der Waals surface area contributed by atoms with Crippen LogP contribution >= 0.6 is 23.5 Å². The van der Waals surface area contributed by atoms with Gasteiger partial charge < -0.3 is 21.1 Å². The molecule has 1 aliphatic rings. The summed E-state index contributed by atoms with van der Waals surface area (Å²) in [6.45, 7) is 7.52. The fourth-order valence-corrected chi connectivity index (χ4v) is 6.58. The molecule has 1 unspecified atom stereocenters. The molecule has 3 aromatic rings. The van der Waals surface area contributed by atoms with Crippen LogP contribution < -0.4 is 20.9 Å². The summed E-state index contributed by atoms with van der Waals surface area (Å²) in [6, 6.07) is 22.4. The standard InChI is InChI=1S/C33H42ClN5OS/c1-3-32(39-17-14-23(13-16-35)15-18-39)31(20-24-7-5-9-26(19-24)33(36)37)38-41-28-10-6-8-25(21-28)29-12-11-27(40-4-2)22-30(29)34/h3,5-12,19,21-23,31,38H,4,13-18,20,35H2,1-2H3,(H3,36,37). The largest absolute Gasteiger partial charge is 0.494 e. The lowest BCUT2D eigenvalue weighted by atomic mass is 9.92. The quantitative estimate of drug-likeness (QED) is 0.0984. The number of nitrogens with two attached hydrogens (primary N) is 2. The summed E-state index contributed by atoms with van der Waals surface area (Å²) in [4.78, 5) is 3.63. The maximum absolute atomic E-state index is 7.89. The van der Waals surface area contributed by atoms with Crippen LogP contribution in [0.5, 0.6) is 5.75 Å². The van der Waals surface area contributed by atoms with Crippen molar-refractivity contribution < 1.29 is 4.74 Å². The van der Waals surface area contributed by atoms with E-state index in [1.807, 2.05) is 43.3 Å². The lowest BCUT2D eigenvalue weighted by molar-refractivity contribution is 0.209. The van der Waals surface area contributed by atoms with Crippen molar-refractivity contribution in [2.45, 2.75) is 50.5 Å². The Balaban J connectivity index is 1.54. The van der Waals surface area contributed by atoms with Crippen LogP contribution in [0.3, 0.4) is 0 Å². The van der Waals surface area contributed by atoms with E-state index in [-0.39, 0.29) is 11.9 Å². The van der Waals surface area contributed by atoms with E-state index in [0.717, 1.165) is 65.4 Å². The van der Waals surface area contributed by atoms with Crippen molar-refractivity contribution in [3.8, 4) is 16.9 Å². The topological polar surface area (TPSA) is 100 Å². The smallest absolute Gasteiger partial charge is 0.122 e. The summed E-state index contributed by atoms with van der Waals surface area (Å²) in [6.07, 6.45) is 6.45. The SMILES string of the molecule is CC=C(C(Cc1cccc(C(=N)N)c1)NSc1cccc(-c2ccc(OCC)cc2Cl)c1)N1CCC(CCN)CC1. The highest BCUT2D eigenvalue weighted by Gasteiger charge is 2.25. The predicted molar refractivity (Wildman–Crippen MR) is 174 cm³/mol. The summed E-state index contributed by atoms with van der Waals surface area (Å²) in [5, 5.41) is 8.56. The van der Waals surface area contributed by atoms with E-state index < -0.39 is 0 Å². The Morgan fingerprint density at radius 2 is 1.93 bits per heavy atom. The van der Waals surface area contributed by atoms with Crippen LogP contribution in [-0.2, 0) is 6.42 Å². The van der Waals surface area contributed by atoms with Crippen LogP contribution in [0.25, 0.3) is 11.1 Å². The number of likely N-dealkylation sites (tertiary alicyclic amines) is 1. The average molecular weight is 592 g/mol. The molecule has 1 saturated heterocycles. The molecule has 0 spiro atoms. The molecular weight excluding hydrogens is 550 g/mol. The van der Waals surface area contributed by atoms with Gasteiger partial charge in [0.1, 0.15) is 11.6 Å². The van der Waals surface area contributed by atoms with Crippen LogP contribution in [0.1, 0.15) is 44.2 Å². The molecule has 6 nitrogen and oxygen atoms in total. The van der Waals surface area contributed by atoms with Crippen molar-refractivity contribution >= 4 is 29.4 Å². The Morgan fingerprint density at radius 1 is 1.15 bits per heavy atom. The molecule has 0 saturated carbocycles. The van der Waals surface area contributed by atoms with Gasteiger partial charge in [0.2, 0.25) is 0 Å². The molecule has 8 heteroatoms. The molecule has 1 atom stereocenters. The second-order valence-corrected chi connectivity index (χ2v) is 11.7. The number of piperidine rings is 1. The molecule has 1 fully saturated rings. The zero-order valence-corrected chi connectivity index (χ0v) is 25.6. The Labute approximate surface area is 254 Å². The lowest BCUT2D eigenvalue weighted by Crippen LogP contribution is -2.41. The Morgan fingerprint density at radius 3 is 2.61 bits per heavy atom. The van der Waals surface area contributed by atoms with E-state index >= 15 is 0 Å². The van der Waals surface area contributed by atoms with Gasteiger partial charge in [0, 0.05) is 34.8 Å². The number of nitrogen functional groups attached to an aromatic ring is 1. The number of rotatable bonds is 13. The highest BCUT2D eigenvalue weighted by atomic mass is 35.5. The third-order valence-electron chi connectivity index (χ3n) is 7.60. The minimum Gasteiger partial charge on any atom is -0.494 e. The number of benzene rings is 3. The van der Waals surface area contributed by atoms with Crippen LogP contribution in [0.2, 0.25) is 5.02 Å². The zero-order valence-electron chi connectivity index (χ0n) is 24.0. The first kappa shape index (κ1) is 31.0. The highest BCUT2D eigenvalue weighted by Crippen LogP contribution is 2.34. The highest BCUT2D eigenvalue weighted by molar-refractivity contribution is 7.97. The van der Waals surface area contributed by atoms with Crippen molar-refractivity contribution in [2.24, 2.45) is 17.4 Å². The van der Waals surface area contributed by atoms with Gasteiger partial charge in [0.05, 0.1) is 17.7 Å². The van der Waals surface area contributed by atoms with Crippen LogP contribution in [-0.4, -0.2) is 43.0 Å². The molecule has 1 aliphatic heterocycles.